The third-order valence-electron chi connectivity index (χ3n) is 3.77. The fourth-order valence-corrected chi connectivity index (χ4v) is 2.46. The number of Topliss-reactive ketones (excluding diaryl/α,β-unsaturated/α-hetero) is 1. The maximum Gasteiger partial charge on any atom is 0.292 e. The zero-order valence-electron chi connectivity index (χ0n) is 12.6. The van der Waals surface area contributed by atoms with Crippen molar-refractivity contribution in [3.05, 3.63) is 30.1 Å². The van der Waals surface area contributed by atoms with Gasteiger partial charge in [-0.2, -0.15) is 0 Å². The molecule has 2 heterocycles. The Morgan fingerprint density at radius 2 is 2.19 bits per heavy atom. The van der Waals surface area contributed by atoms with Crippen molar-refractivity contribution < 1.29 is 14.3 Å². The molecule has 1 aliphatic rings. The number of nitrogens with one attached hydrogen (secondary N) is 1. The smallest absolute Gasteiger partial charge is 0.292 e. The number of likely N-dealkylation sites (tertiary alicyclic amines) is 1. The highest BCUT2D eigenvalue weighted by molar-refractivity contribution is 6.42. The Morgan fingerprint density at radius 3 is 2.76 bits per heavy atom. The molecule has 2 rings (SSSR count). The standard InChI is InChI=1S/C15H21N3O3/c1-10(2)18-8-12(13(9-18)21-3)17-15(20)14(19)11-5-4-6-16-7-11/h4-7,10,12-13H,8-9H2,1-3H3,(H,17,20)/t12-,13-/m1/s1. The summed E-state index contributed by atoms with van der Waals surface area (Å²) in [6.07, 6.45) is 2.86. The van der Waals surface area contributed by atoms with E-state index in [1.165, 1.54) is 6.20 Å². The number of carbonyl (C=O) groups excluding carboxylic acids is 2. The number of hydrogen-bond acceptors (Lipinski definition) is 5. The number of nitrogens with zero attached hydrogens (tertiary/aromatic N) is 2. The summed E-state index contributed by atoms with van der Waals surface area (Å²) in [6, 6.07) is 3.41. The molecule has 0 saturated carbocycles. The Labute approximate surface area is 124 Å². The number of ether oxygens (including phenoxy) is 1. The van der Waals surface area contributed by atoms with Gasteiger partial charge in [0.25, 0.3) is 11.7 Å². The van der Waals surface area contributed by atoms with Gasteiger partial charge < -0.3 is 10.1 Å². The summed E-state index contributed by atoms with van der Waals surface area (Å²) in [4.78, 5) is 30.2. The molecule has 114 valence electrons. The predicted molar refractivity (Wildman–Crippen MR) is 78.0 cm³/mol. The second-order valence-electron chi connectivity index (χ2n) is 5.47. The van der Waals surface area contributed by atoms with Gasteiger partial charge in [-0.15, -0.1) is 0 Å². The number of pyridine rings is 1. The highest BCUT2D eigenvalue weighted by atomic mass is 16.5. The molecular formula is C15H21N3O3. The fourth-order valence-electron chi connectivity index (χ4n) is 2.46. The number of amides is 1. The van der Waals surface area contributed by atoms with Crippen molar-refractivity contribution in [3.63, 3.8) is 0 Å². The molecule has 2 atom stereocenters. The van der Waals surface area contributed by atoms with Crippen LogP contribution in [0.1, 0.15) is 24.2 Å². The van der Waals surface area contributed by atoms with Crippen LogP contribution in [0.15, 0.2) is 24.5 Å². The largest absolute Gasteiger partial charge is 0.378 e. The van der Waals surface area contributed by atoms with Crippen LogP contribution >= 0.6 is 0 Å². The van der Waals surface area contributed by atoms with E-state index < -0.39 is 11.7 Å². The van der Waals surface area contributed by atoms with Crippen molar-refractivity contribution in [2.24, 2.45) is 0 Å². The molecule has 0 bridgehead atoms. The summed E-state index contributed by atoms with van der Waals surface area (Å²) in [5, 5.41) is 2.78. The van der Waals surface area contributed by atoms with Crippen LogP contribution in [-0.4, -0.2) is 60.0 Å². The molecular weight excluding hydrogens is 270 g/mol. The van der Waals surface area contributed by atoms with Crippen molar-refractivity contribution in [3.8, 4) is 0 Å². The molecule has 1 saturated heterocycles. The van der Waals surface area contributed by atoms with Crippen LogP contribution in [0.4, 0.5) is 0 Å². The normalized spacial score (nSPS) is 22.5. The molecule has 0 unspecified atom stereocenters. The molecule has 21 heavy (non-hydrogen) atoms. The minimum atomic E-state index is -0.611. The lowest BCUT2D eigenvalue weighted by molar-refractivity contribution is -0.118. The van der Waals surface area contributed by atoms with E-state index in [4.69, 9.17) is 4.74 Å². The lowest BCUT2D eigenvalue weighted by atomic mass is 10.1. The Balaban J connectivity index is 2.00. The summed E-state index contributed by atoms with van der Waals surface area (Å²) in [7, 11) is 1.62. The Bertz CT molecular complexity index is 504. The van der Waals surface area contributed by atoms with E-state index >= 15 is 0 Å². The van der Waals surface area contributed by atoms with Gasteiger partial charge in [-0.3, -0.25) is 19.5 Å². The lowest BCUT2D eigenvalue weighted by Crippen LogP contribution is -2.46. The summed E-state index contributed by atoms with van der Waals surface area (Å²) in [5.41, 5.74) is 0.294. The van der Waals surface area contributed by atoms with Gasteiger partial charge in [-0.25, -0.2) is 0 Å². The average molecular weight is 291 g/mol. The SMILES string of the molecule is CO[C@@H]1CN(C(C)C)C[C@H]1NC(=O)C(=O)c1cccnc1. The van der Waals surface area contributed by atoms with Crippen molar-refractivity contribution in [1.29, 1.82) is 0 Å². The van der Waals surface area contributed by atoms with Crippen molar-refractivity contribution in [2.75, 3.05) is 20.2 Å². The molecule has 0 aromatic carbocycles. The van der Waals surface area contributed by atoms with Gasteiger partial charge in [0.15, 0.2) is 0 Å². The number of carbonyl (C=O) groups is 2. The third kappa shape index (κ3) is 3.65. The quantitative estimate of drug-likeness (QED) is 0.631. The Morgan fingerprint density at radius 1 is 1.43 bits per heavy atom. The zero-order chi connectivity index (χ0) is 15.4. The summed E-state index contributed by atoms with van der Waals surface area (Å²) in [5.74, 6) is -1.18. The topological polar surface area (TPSA) is 71.5 Å². The highest BCUT2D eigenvalue weighted by Gasteiger charge is 2.36. The van der Waals surface area contributed by atoms with Crippen molar-refractivity contribution in [1.82, 2.24) is 15.2 Å². The van der Waals surface area contributed by atoms with Gasteiger partial charge in [-0.1, -0.05) is 0 Å². The maximum absolute atomic E-state index is 12.1. The number of hydrogen-bond donors (Lipinski definition) is 1. The highest BCUT2D eigenvalue weighted by Crippen LogP contribution is 2.16. The first-order chi connectivity index (χ1) is 10.0. The molecule has 6 heteroatoms. The van der Waals surface area contributed by atoms with Gasteiger partial charge in [0.2, 0.25) is 0 Å². The molecule has 1 aromatic heterocycles. The molecule has 1 aromatic rings. The Kier molecular flexibility index (Phi) is 5.03. The molecule has 0 radical (unpaired) electrons. The van der Waals surface area contributed by atoms with E-state index in [0.717, 1.165) is 6.54 Å². The van der Waals surface area contributed by atoms with E-state index in [0.29, 0.717) is 18.2 Å². The third-order valence-corrected chi connectivity index (χ3v) is 3.77. The number of rotatable bonds is 5. The molecule has 1 N–H and O–H groups in total. The first kappa shape index (κ1) is 15.6. The number of ketones is 1. The van der Waals surface area contributed by atoms with E-state index in [1.807, 2.05) is 0 Å². The van der Waals surface area contributed by atoms with Gasteiger partial charge in [0.1, 0.15) is 0 Å². The van der Waals surface area contributed by atoms with Crippen LogP contribution in [0, 0.1) is 0 Å². The molecule has 0 aliphatic carbocycles. The van der Waals surface area contributed by atoms with E-state index in [1.54, 1.807) is 25.4 Å². The van der Waals surface area contributed by atoms with Gasteiger partial charge >= 0.3 is 0 Å². The van der Waals surface area contributed by atoms with Gasteiger partial charge in [-0.05, 0) is 26.0 Å². The molecule has 1 amide bonds. The fraction of sp³-hybridized carbons (Fsp3) is 0.533. The van der Waals surface area contributed by atoms with Gasteiger partial charge in [0, 0.05) is 44.2 Å². The summed E-state index contributed by atoms with van der Waals surface area (Å²) in [6.45, 7) is 5.62. The minimum Gasteiger partial charge on any atom is -0.378 e. The average Bonchev–Trinajstić information content (AvgIpc) is 2.90. The summed E-state index contributed by atoms with van der Waals surface area (Å²) < 4.78 is 5.41. The monoisotopic (exact) mass is 291 g/mol. The van der Waals surface area contributed by atoms with Crippen LogP contribution < -0.4 is 5.32 Å². The second-order valence-corrected chi connectivity index (χ2v) is 5.47. The molecule has 0 spiro atoms. The number of aromatic nitrogens is 1. The van der Waals surface area contributed by atoms with Crippen molar-refractivity contribution in [2.45, 2.75) is 32.0 Å². The second kappa shape index (κ2) is 6.78. The van der Waals surface area contributed by atoms with Crippen LogP contribution in [0.5, 0.6) is 0 Å². The van der Waals surface area contributed by atoms with E-state index in [9.17, 15) is 9.59 Å². The number of methoxy groups -OCH3 is 1. The van der Waals surface area contributed by atoms with E-state index in [2.05, 4.69) is 29.0 Å². The molecule has 1 aliphatic heterocycles. The molecule has 1 fully saturated rings. The summed E-state index contributed by atoms with van der Waals surface area (Å²) >= 11 is 0. The Hall–Kier alpha value is -1.79. The van der Waals surface area contributed by atoms with Crippen LogP contribution in [0.3, 0.4) is 0 Å². The van der Waals surface area contributed by atoms with Crippen LogP contribution in [-0.2, 0) is 9.53 Å². The first-order valence-electron chi connectivity index (χ1n) is 7.05. The van der Waals surface area contributed by atoms with E-state index in [-0.39, 0.29) is 12.1 Å². The minimum absolute atomic E-state index is 0.0990. The van der Waals surface area contributed by atoms with Crippen LogP contribution in [0.25, 0.3) is 0 Å². The molecule has 6 nitrogen and oxygen atoms in total. The van der Waals surface area contributed by atoms with Gasteiger partial charge in [0.05, 0.1) is 12.1 Å². The zero-order valence-corrected chi connectivity index (χ0v) is 12.6. The first-order valence-corrected chi connectivity index (χ1v) is 7.05. The van der Waals surface area contributed by atoms with Crippen molar-refractivity contribution >= 4 is 11.7 Å². The maximum atomic E-state index is 12.1. The lowest BCUT2D eigenvalue weighted by Gasteiger charge is -2.19. The van der Waals surface area contributed by atoms with Crippen LogP contribution in [0.2, 0.25) is 0 Å². The predicted octanol–water partition coefficient (Wildman–Crippen LogP) is 0.488.